The first-order valence-corrected chi connectivity index (χ1v) is 9.42. The van der Waals surface area contributed by atoms with E-state index in [1.54, 1.807) is 10.8 Å². The maximum atomic E-state index is 6.14. The molecule has 0 aliphatic carbocycles. The van der Waals surface area contributed by atoms with Crippen LogP contribution in [0.4, 0.5) is 11.8 Å². The maximum absolute atomic E-state index is 6.14. The fraction of sp³-hybridized carbons (Fsp3) is 0.500. The van der Waals surface area contributed by atoms with Crippen molar-refractivity contribution in [2.24, 2.45) is 0 Å². The smallest absolute Gasteiger partial charge is 0.225 e. The van der Waals surface area contributed by atoms with Crippen LogP contribution >= 0.6 is 0 Å². The third-order valence-corrected chi connectivity index (χ3v) is 5.43. The summed E-state index contributed by atoms with van der Waals surface area (Å²) in [6, 6.07) is 6.22. The summed E-state index contributed by atoms with van der Waals surface area (Å²) in [7, 11) is 0. The van der Waals surface area contributed by atoms with Gasteiger partial charge in [0.2, 0.25) is 11.8 Å². The van der Waals surface area contributed by atoms with Crippen molar-refractivity contribution < 1.29 is 9.15 Å². The highest BCUT2D eigenvalue weighted by Crippen LogP contribution is 2.25. The molecule has 142 valence electrons. The number of fused-ring (bicyclic) bond motifs is 1. The molecular weight excluding hydrogens is 346 g/mol. The number of nitrogens with two attached hydrogens (primary N) is 1. The van der Waals surface area contributed by atoms with Gasteiger partial charge >= 0.3 is 0 Å². The molecule has 3 aromatic rings. The molecule has 0 aromatic carbocycles. The van der Waals surface area contributed by atoms with Crippen molar-refractivity contribution >= 4 is 17.4 Å². The van der Waals surface area contributed by atoms with Crippen molar-refractivity contribution in [3.05, 3.63) is 24.5 Å². The molecule has 0 unspecified atom stereocenters. The predicted octanol–water partition coefficient (Wildman–Crippen LogP) is 1.27. The summed E-state index contributed by atoms with van der Waals surface area (Å²) in [5.41, 5.74) is 6.82. The first-order valence-electron chi connectivity index (χ1n) is 9.42. The number of nitrogens with zero attached hydrogens (tertiary/aromatic N) is 6. The molecule has 9 nitrogen and oxygen atoms in total. The molecule has 0 saturated carbocycles. The number of anilines is 2. The topological polar surface area (TPSA) is 98.0 Å². The summed E-state index contributed by atoms with van der Waals surface area (Å²) in [5, 5.41) is 4.40. The van der Waals surface area contributed by atoms with Crippen LogP contribution in [0.5, 0.6) is 0 Å². The Morgan fingerprint density at radius 2 is 1.89 bits per heavy atom. The zero-order chi connectivity index (χ0) is 18.2. The third kappa shape index (κ3) is 3.13. The summed E-state index contributed by atoms with van der Waals surface area (Å²) in [4.78, 5) is 13.9. The minimum absolute atomic E-state index is 0.336. The van der Waals surface area contributed by atoms with E-state index in [4.69, 9.17) is 14.9 Å². The van der Waals surface area contributed by atoms with Gasteiger partial charge in [0, 0.05) is 38.3 Å². The second kappa shape index (κ2) is 6.82. The first kappa shape index (κ1) is 16.5. The zero-order valence-electron chi connectivity index (χ0n) is 15.1. The fourth-order valence-electron chi connectivity index (χ4n) is 3.97. The first-order chi connectivity index (χ1) is 13.3. The van der Waals surface area contributed by atoms with Crippen molar-refractivity contribution in [1.82, 2.24) is 24.5 Å². The largest absolute Gasteiger partial charge is 0.461 e. The average molecular weight is 369 g/mol. The van der Waals surface area contributed by atoms with Crippen LogP contribution in [0.15, 0.2) is 28.9 Å². The molecule has 0 bridgehead atoms. The van der Waals surface area contributed by atoms with Gasteiger partial charge in [0.1, 0.15) is 5.82 Å². The molecule has 2 saturated heterocycles. The van der Waals surface area contributed by atoms with Gasteiger partial charge in [0.15, 0.2) is 11.4 Å². The van der Waals surface area contributed by atoms with Crippen LogP contribution in [-0.4, -0.2) is 69.9 Å². The van der Waals surface area contributed by atoms with Crippen molar-refractivity contribution in [3.63, 3.8) is 0 Å². The molecule has 0 spiro atoms. The lowest BCUT2D eigenvalue weighted by Gasteiger charge is -2.40. The minimum Gasteiger partial charge on any atom is -0.461 e. The van der Waals surface area contributed by atoms with Crippen LogP contribution in [0.3, 0.4) is 0 Å². The number of piperidine rings is 1. The lowest BCUT2D eigenvalue weighted by molar-refractivity contribution is 0.0115. The lowest BCUT2D eigenvalue weighted by atomic mass is 10.0. The SMILES string of the molecule is Nc1nc(N2CCC(N3CCOCC3)CC2)cc2nc(-c3ccco3)nn12. The molecule has 2 fully saturated rings. The van der Waals surface area contributed by atoms with Crippen LogP contribution in [-0.2, 0) is 4.74 Å². The van der Waals surface area contributed by atoms with E-state index in [2.05, 4.69) is 24.9 Å². The number of hydrogen-bond donors (Lipinski definition) is 1. The number of aromatic nitrogens is 4. The van der Waals surface area contributed by atoms with E-state index in [1.165, 1.54) is 0 Å². The summed E-state index contributed by atoms with van der Waals surface area (Å²) in [6.45, 7) is 5.70. The third-order valence-electron chi connectivity index (χ3n) is 5.43. The van der Waals surface area contributed by atoms with E-state index in [-0.39, 0.29) is 0 Å². The molecule has 9 heteroatoms. The molecule has 27 heavy (non-hydrogen) atoms. The van der Waals surface area contributed by atoms with E-state index in [0.717, 1.165) is 58.1 Å². The average Bonchev–Trinajstić information content (AvgIpc) is 3.38. The summed E-state index contributed by atoms with van der Waals surface area (Å²) < 4.78 is 12.4. The summed E-state index contributed by atoms with van der Waals surface area (Å²) in [6.07, 6.45) is 3.85. The second-order valence-electron chi connectivity index (χ2n) is 7.02. The number of furan rings is 1. The normalized spacial score (nSPS) is 19.8. The summed E-state index contributed by atoms with van der Waals surface area (Å²) >= 11 is 0. The van der Waals surface area contributed by atoms with Gasteiger partial charge in [-0.2, -0.15) is 9.50 Å². The van der Waals surface area contributed by atoms with Crippen molar-refractivity contribution in [3.8, 4) is 11.6 Å². The highest BCUT2D eigenvalue weighted by Gasteiger charge is 2.27. The Hall–Kier alpha value is -2.65. The Kier molecular flexibility index (Phi) is 4.17. The van der Waals surface area contributed by atoms with Gasteiger partial charge in [-0.05, 0) is 25.0 Å². The van der Waals surface area contributed by atoms with Gasteiger partial charge in [0.25, 0.3) is 0 Å². The quantitative estimate of drug-likeness (QED) is 0.737. The lowest BCUT2D eigenvalue weighted by Crippen LogP contribution is -2.49. The van der Waals surface area contributed by atoms with E-state index in [9.17, 15) is 0 Å². The van der Waals surface area contributed by atoms with Gasteiger partial charge in [-0.25, -0.2) is 4.98 Å². The predicted molar refractivity (Wildman–Crippen MR) is 101 cm³/mol. The second-order valence-corrected chi connectivity index (χ2v) is 7.02. The van der Waals surface area contributed by atoms with Gasteiger partial charge in [-0.15, -0.1) is 5.10 Å². The molecule has 2 N–H and O–H groups in total. The molecular formula is C18H23N7O2. The van der Waals surface area contributed by atoms with Gasteiger partial charge in [-0.1, -0.05) is 0 Å². The molecule has 0 atom stereocenters. The standard InChI is InChI=1S/C18H23N7O2/c19-18-21-15(12-16-20-17(22-25(16)18)14-2-1-9-27-14)24-5-3-13(4-6-24)23-7-10-26-11-8-23/h1-2,9,12-13H,3-8,10-11H2,(H2,19,21). The van der Waals surface area contributed by atoms with Crippen molar-refractivity contribution in [2.75, 3.05) is 50.0 Å². The van der Waals surface area contributed by atoms with Gasteiger partial charge in [0.05, 0.1) is 19.5 Å². The van der Waals surface area contributed by atoms with Crippen LogP contribution < -0.4 is 10.6 Å². The number of morpholine rings is 1. The minimum atomic E-state index is 0.336. The van der Waals surface area contributed by atoms with Crippen LogP contribution in [0.1, 0.15) is 12.8 Å². The Labute approximate surface area is 156 Å². The number of rotatable bonds is 3. The Balaban J connectivity index is 1.34. The number of ether oxygens (including phenoxy) is 1. The maximum Gasteiger partial charge on any atom is 0.225 e. The molecule has 2 aliphatic rings. The van der Waals surface area contributed by atoms with Crippen molar-refractivity contribution in [2.45, 2.75) is 18.9 Å². The number of hydrogen-bond acceptors (Lipinski definition) is 8. The van der Waals surface area contributed by atoms with Crippen LogP contribution in [0.25, 0.3) is 17.2 Å². The van der Waals surface area contributed by atoms with Crippen molar-refractivity contribution in [1.29, 1.82) is 0 Å². The Morgan fingerprint density at radius 1 is 1.07 bits per heavy atom. The summed E-state index contributed by atoms with van der Waals surface area (Å²) in [5.74, 6) is 2.32. The highest BCUT2D eigenvalue weighted by molar-refractivity contribution is 5.59. The number of nitrogen functional groups attached to an aromatic ring is 1. The van der Waals surface area contributed by atoms with Crippen LogP contribution in [0, 0.1) is 0 Å². The molecule has 5 rings (SSSR count). The molecule has 0 radical (unpaired) electrons. The molecule has 3 aromatic heterocycles. The van der Waals surface area contributed by atoms with E-state index in [0.29, 0.717) is 29.2 Å². The van der Waals surface area contributed by atoms with Crippen LogP contribution in [0.2, 0.25) is 0 Å². The zero-order valence-corrected chi connectivity index (χ0v) is 15.1. The monoisotopic (exact) mass is 369 g/mol. The van der Waals surface area contributed by atoms with Gasteiger partial charge in [-0.3, -0.25) is 4.90 Å². The Bertz CT molecular complexity index is 909. The Morgan fingerprint density at radius 3 is 2.63 bits per heavy atom. The fourth-order valence-corrected chi connectivity index (χ4v) is 3.97. The van der Waals surface area contributed by atoms with E-state index >= 15 is 0 Å². The molecule has 5 heterocycles. The van der Waals surface area contributed by atoms with E-state index < -0.39 is 0 Å². The van der Waals surface area contributed by atoms with Gasteiger partial charge < -0.3 is 19.8 Å². The van der Waals surface area contributed by atoms with E-state index in [1.807, 2.05) is 18.2 Å². The highest BCUT2D eigenvalue weighted by atomic mass is 16.5. The molecule has 2 aliphatic heterocycles. The molecule has 0 amide bonds.